The van der Waals surface area contributed by atoms with E-state index in [1.165, 1.54) is 6.33 Å². The summed E-state index contributed by atoms with van der Waals surface area (Å²) in [5.74, 6) is 1.16. The fourth-order valence-electron chi connectivity index (χ4n) is 1.16. The first-order valence-corrected chi connectivity index (χ1v) is 4.79. The maximum absolute atomic E-state index is 5.81. The standard InChI is InChI=1S/C10H10ClN3O/c11-7-2-1-3-8(4-7)15-5-9-10(12)14-6-13-9/h1-4,6H,5,12H2,(H,13,14). The van der Waals surface area contributed by atoms with E-state index in [1.807, 2.05) is 12.1 Å². The SMILES string of the molecule is Nc1nc[nH]c1COc1cccc(Cl)c1. The Hall–Kier alpha value is -1.68. The highest BCUT2D eigenvalue weighted by Gasteiger charge is 2.02. The minimum Gasteiger partial charge on any atom is -0.487 e. The van der Waals surface area contributed by atoms with Crippen molar-refractivity contribution in [3.63, 3.8) is 0 Å². The molecule has 5 heteroatoms. The minimum atomic E-state index is 0.353. The van der Waals surface area contributed by atoms with Crippen LogP contribution >= 0.6 is 11.6 Å². The maximum Gasteiger partial charge on any atom is 0.148 e. The topological polar surface area (TPSA) is 63.9 Å². The van der Waals surface area contributed by atoms with Crippen molar-refractivity contribution in [2.24, 2.45) is 0 Å². The van der Waals surface area contributed by atoms with Crippen molar-refractivity contribution in [1.29, 1.82) is 0 Å². The van der Waals surface area contributed by atoms with Gasteiger partial charge in [-0.05, 0) is 18.2 Å². The predicted molar refractivity (Wildman–Crippen MR) is 58.8 cm³/mol. The molecule has 1 aromatic heterocycles. The first-order valence-electron chi connectivity index (χ1n) is 4.42. The quantitative estimate of drug-likeness (QED) is 0.839. The van der Waals surface area contributed by atoms with E-state index in [1.54, 1.807) is 12.1 Å². The lowest BCUT2D eigenvalue weighted by atomic mass is 10.3. The number of hydrogen-bond acceptors (Lipinski definition) is 3. The zero-order valence-corrected chi connectivity index (χ0v) is 8.66. The van der Waals surface area contributed by atoms with Crippen LogP contribution < -0.4 is 10.5 Å². The van der Waals surface area contributed by atoms with Crippen LogP contribution in [0.4, 0.5) is 5.82 Å². The molecule has 78 valence electrons. The number of H-pyrrole nitrogens is 1. The molecule has 4 nitrogen and oxygen atoms in total. The fourth-order valence-corrected chi connectivity index (χ4v) is 1.34. The molecule has 2 aromatic rings. The van der Waals surface area contributed by atoms with Crippen molar-refractivity contribution in [2.45, 2.75) is 6.61 Å². The number of nitrogens with one attached hydrogen (secondary N) is 1. The Morgan fingerprint density at radius 3 is 3.00 bits per heavy atom. The van der Waals surface area contributed by atoms with Crippen LogP contribution in [0.3, 0.4) is 0 Å². The smallest absolute Gasteiger partial charge is 0.148 e. The Labute approximate surface area is 92.0 Å². The van der Waals surface area contributed by atoms with Gasteiger partial charge in [-0.1, -0.05) is 17.7 Å². The van der Waals surface area contributed by atoms with Gasteiger partial charge in [0, 0.05) is 5.02 Å². The second kappa shape index (κ2) is 4.23. The number of hydrogen-bond donors (Lipinski definition) is 2. The molecule has 0 fully saturated rings. The predicted octanol–water partition coefficient (Wildman–Crippen LogP) is 2.22. The summed E-state index contributed by atoms with van der Waals surface area (Å²) in [6, 6.07) is 7.19. The number of benzene rings is 1. The van der Waals surface area contributed by atoms with E-state index in [0.717, 1.165) is 5.69 Å². The summed E-state index contributed by atoms with van der Waals surface area (Å²) in [7, 11) is 0. The number of aromatic nitrogens is 2. The fraction of sp³-hybridized carbons (Fsp3) is 0.100. The number of rotatable bonds is 3. The Balaban J connectivity index is 2.02. The van der Waals surface area contributed by atoms with Gasteiger partial charge >= 0.3 is 0 Å². The molecule has 0 bridgehead atoms. The molecule has 0 unspecified atom stereocenters. The van der Waals surface area contributed by atoms with Gasteiger partial charge < -0.3 is 15.5 Å². The molecular weight excluding hydrogens is 214 g/mol. The van der Waals surface area contributed by atoms with Crippen molar-refractivity contribution in [1.82, 2.24) is 9.97 Å². The van der Waals surface area contributed by atoms with Crippen LogP contribution in [0.5, 0.6) is 5.75 Å². The van der Waals surface area contributed by atoms with Crippen molar-refractivity contribution >= 4 is 17.4 Å². The minimum absolute atomic E-state index is 0.353. The second-order valence-electron chi connectivity index (χ2n) is 3.01. The number of ether oxygens (including phenoxy) is 1. The summed E-state index contributed by atoms with van der Waals surface area (Å²) in [5, 5.41) is 0.644. The van der Waals surface area contributed by atoms with Crippen LogP contribution in [0.2, 0.25) is 5.02 Å². The molecule has 0 saturated heterocycles. The Morgan fingerprint density at radius 1 is 1.47 bits per heavy atom. The van der Waals surface area contributed by atoms with E-state index in [0.29, 0.717) is 23.2 Å². The number of nitrogen functional groups attached to an aromatic ring is 1. The average Bonchev–Trinajstić information content (AvgIpc) is 2.61. The van der Waals surface area contributed by atoms with Gasteiger partial charge in [0.05, 0.1) is 12.0 Å². The molecule has 0 aliphatic rings. The van der Waals surface area contributed by atoms with Crippen LogP contribution in [0.1, 0.15) is 5.69 Å². The number of anilines is 1. The molecule has 1 aromatic carbocycles. The zero-order chi connectivity index (χ0) is 10.7. The van der Waals surface area contributed by atoms with Gasteiger partial charge in [0.15, 0.2) is 0 Å². The lowest BCUT2D eigenvalue weighted by Crippen LogP contribution is -1.99. The van der Waals surface area contributed by atoms with E-state index >= 15 is 0 Å². The summed E-state index contributed by atoms with van der Waals surface area (Å²) in [4.78, 5) is 6.76. The number of imidazole rings is 1. The van der Waals surface area contributed by atoms with Crippen LogP contribution in [-0.2, 0) is 6.61 Å². The van der Waals surface area contributed by atoms with Gasteiger partial charge in [0.25, 0.3) is 0 Å². The van der Waals surface area contributed by atoms with Crippen molar-refractivity contribution in [3.05, 3.63) is 41.3 Å². The van der Waals surface area contributed by atoms with Gasteiger partial charge in [0.1, 0.15) is 18.2 Å². The highest BCUT2D eigenvalue weighted by Crippen LogP contribution is 2.18. The van der Waals surface area contributed by atoms with Crippen LogP contribution in [-0.4, -0.2) is 9.97 Å². The third-order valence-corrected chi connectivity index (χ3v) is 2.17. The van der Waals surface area contributed by atoms with Gasteiger partial charge in [0.2, 0.25) is 0 Å². The normalized spacial score (nSPS) is 10.2. The van der Waals surface area contributed by atoms with E-state index in [2.05, 4.69) is 9.97 Å². The van der Waals surface area contributed by atoms with Crippen LogP contribution in [0, 0.1) is 0 Å². The van der Waals surface area contributed by atoms with Crippen molar-refractivity contribution in [2.75, 3.05) is 5.73 Å². The molecule has 3 N–H and O–H groups in total. The molecule has 2 rings (SSSR count). The summed E-state index contributed by atoms with van der Waals surface area (Å²) in [6.07, 6.45) is 1.53. The number of aromatic amines is 1. The van der Waals surface area contributed by atoms with Gasteiger partial charge in [-0.3, -0.25) is 0 Å². The molecular formula is C10H10ClN3O. The first kappa shape index (κ1) is 9.86. The monoisotopic (exact) mass is 223 g/mol. The lowest BCUT2D eigenvalue weighted by Gasteiger charge is -2.05. The molecule has 0 radical (unpaired) electrons. The summed E-state index contributed by atoms with van der Waals surface area (Å²) < 4.78 is 5.48. The maximum atomic E-state index is 5.81. The Morgan fingerprint density at radius 2 is 2.33 bits per heavy atom. The van der Waals surface area contributed by atoms with Crippen LogP contribution in [0.15, 0.2) is 30.6 Å². The largest absolute Gasteiger partial charge is 0.487 e. The van der Waals surface area contributed by atoms with E-state index in [9.17, 15) is 0 Å². The van der Waals surface area contributed by atoms with E-state index < -0.39 is 0 Å². The highest BCUT2D eigenvalue weighted by molar-refractivity contribution is 6.30. The molecule has 0 saturated carbocycles. The highest BCUT2D eigenvalue weighted by atomic mass is 35.5. The van der Waals surface area contributed by atoms with Crippen molar-refractivity contribution in [3.8, 4) is 5.75 Å². The second-order valence-corrected chi connectivity index (χ2v) is 3.45. The number of nitrogens with two attached hydrogens (primary N) is 1. The third kappa shape index (κ3) is 2.41. The molecule has 0 spiro atoms. The number of nitrogens with zero attached hydrogens (tertiary/aromatic N) is 1. The van der Waals surface area contributed by atoms with E-state index in [4.69, 9.17) is 22.1 Å². The van der Waals surface area contributed by atoms with E-state index in [-0.39, 0.29) is 0 Å². The molecule has 0 aliphatic carbocycles. The Kier molecular flexibility index (Phi) is 2.78. The Bertz CT molecular complexity index is 455. The zero-order valence-electron chi connectivity index (χ0n) is 7.90. The third-order valence-electron chi connectivity index (χ3n) is 1.93. The van der Waals surface area contributed by atoms with Crippen molar-refractivity contribution < 1.29 is 4.74 Å². The molecule has 1 heterocycles. The van der Waals surface area contributed by atoms with Crippen LogP contribution in [0.25, 0.3) is 0 Å². The van der Waals surface area contributed by atoms with Gasteiger partial charge in [-0.25, -0.2) is 4.98 Å². The average molecular weight is 224 g/mol. The lowest BCUT2D eigenvalue weighted by molar-refractivity contribution is 0.302. The summed E-state index contributed by atoms with van der Waals surface area (Å²) in [5.41, 5.74) is 6.35. The van der Waals surface area contributed by atoms with Gasteiger partial charge in [-0.15, -0.1) is 0 Å². The summed E-state index contributed by atoms with van der Waals surface area (Å²) >= 11 is 5.81. The summed E-state index contributed by atoms with van der Waals surface area (Å²) in [6.45, 7) is 0.353. The first-order chi connectivity index (χ1) is 7.25. The molecule has 0 amide bonds. The molecule has 0 aliphatic heterocycles. The molecule has 0 atom stereocenters. The molecule has 15 heavy (non-hydrogen) atoms. The van der Waals surface area contributed by atoms with Gasteiger partial charge in [-0.2, -0.15) is 0 Å². The number of halogens is 1.